The molecule has 3 rings (SSSR count). The van der Waals surface area contributed by atoms with E-state index < -0.39 is 0 Å². The quantitative estimate of drug-likeness (QED) is 0.916. The Morgan fingerprint density at radius 3 is 3.16 bits per heavy atom. The Morgan fingerprint density at radius 1 is 1.42 bits per heavy atom. The van der Waals surface area contributed by atoms with Gasteiger partial charge in [-0.1, -0.05) is 19.1 Å². The number of nitrogens with zero attached hydrogens (tertiary/aromatic N) is 2. The van der Waals surface area contributed by atoms with E-state index >= 15 is 0 Å². The molecule has 1 fully saturated rings. The summed E-state index contributed by atoms with van der Waals surface area (Å²) in [7, 11) is 0. The lowest BCUT2D eigenvalue weighted by atomic mass is 10.1. The number of piperidine rings is 1. The molecule has 0 radical (unpaired) electrons. The third-order valence-electron chi connectivity index (χ3n) is 3.66. The first kappa shape index (κ1) is 12.5. The summed E-state index contributed by atoms with van der Waals surface area (Å²) in [5.74, 6) is 0. The molecule has 2 aromatic rings. The number of rotatable bonds is 4. The van der Waals surface area contributed by atoms with Crippen LogP contribution in [0.1, 0.15) is 26.2 Å². The molecule has 1 aliphatic heterocycles. The van der Waals surface area contributed by atoms with Crippen LogP contribution in [0.15, 0.2) is 28.7 Å². The number of para-hydroxylation sites is 2. The number of hydrogen-bond acceptors (Lipinski definition) is 4. The normalized spacial score (nSPS) is 20.1. The Bertz CT molecular complexity index is 504. The summed E-state index contributed by atoms with van der Waals surface area (Å²) in [6.07, 6.45) is 3.62. The summed E-state index contributed by atoms with van der Waals surface area (Å²) in [4.78, 5) is 6.84. The topological polar surface area (TPSA) is 41.3 Å². The number of oxazole rings is 1. The van der Waals surface area contributed by atoms with E-state index in [4.69, 9.17) is 4.42 Å². The maximum absolute atomic E-state index is 5.85. The molecular formula is C15H21N3O. The van der Waals surface area contributed by atoms with Crippen LogP contribution in [0.2, 0.25) is 0 Å². The molecule has 4 heteroatoms. The molecule has 1 saturated heterocycles. The van der Waals surface area contributed by atoms with Crippen molar-refractivity contribution in [3.8, 4) is 0 Å². The van der Waals surface area contributed by atoms with E-state index in [1.807, 2.05) is 24.3 Å². The maximum Gasteiger partial charge on any atom is 0.298 e. The predicted octanol–water partition coefficient (Wildman–Crippen LogP) is 2.80. The Balaban J connectivity index is 1.73. The fraction of sp³-hybridized carbons (Fsp3) is 0.533. The number of anilines is 1. The minimum Gasteiger partial charge on any atom is -0.423 e. The number of nitrogens with one attached hydrogen (secondary N) is 1. The predicted molar refractivity (Wildman–Crippen MR) is 77.5 cm³/mol. The molecule has 1 aliphatic rings. The lowest BCUT2D eigenvalue weighted by Crippen LogP contribution is -2.46. The van der Waals surface area contributed by atoms with Gasteiger partial charge in [0.25, 0.3) is 6.01 Å². The van der Waals surface area contributed by atoms with Crippen molar-refractivity contribution in [1.82, 2.24) is 10.3 Å². The van der Waals surface area contributed by atoms with E-state index in [9.17, 15) is 0 Å². The van der Waals surface area contributed by atoms with Gasteiger partial charge in [-0.3, -0.25) is 0 Å². The Kier molecular flexibility index (Phi) is 3.69. The molecule has 4 nitrogen and oxygen atoms in total. The van der Waals surface area contributed by atoms with Gasteiger partial charge in [-0.25, -0.2) is 0 Å². The smallest absolute Gasteiger partial charge is 0.298 e. The molecule has 1 aromatic carbocycles. The molecule has 0 amide bonds. The van der Waals surface area contributed by atoms with Gasteiger partial charge in [0.1, 0.15) is 5.52 Å². The van der Waals surface area contributed by atoms with Crippen molar-refractivity contribution in [2.75, 3.05) is 24.5 Å². The van der Waals surface area contributed by atoms with Crippen molar-refractivity contribution in [1.29, 1.82) is 0 Å². The average Bonchev–Trinajstić information content (AvgIpc) is 2.89. The van der Waals surface area contributed by atoms with E-state index in [0.29, 0.717) is 6.04 Å². The second-order valence-corrected chi connectivity index (χ2v) is 5.20. The van der Waals surface area contributed by atoms with Crippen LogP contribution >= 0.6 is 0 Å². The van der Waals surface area contributed by atoms with E-state index in [2.05, 4.69) is 22.1 Å². The number of benzene rings is 1. The highest BCUT2D eigenvalue weighted by Gasteiger charge is 2.22. The molecule has 102 valence electrons. The molecule has 0 aliphatic carbocycles. The van der Waals surface area contributed by atoms with Crippen LogP contribution in [-0.4, -0.2) is 30.7 Å². The third kappa shape index (κ3) is 2.73. The first-order chi connectivity index (χ1) is 9.36. The lowest BCUT2D eigenvalue weighted by Gasteiger charge is -2.32. The van der Waals surface area contributed by atoms with Crippen molar-refractivity contribution in [2.24, 2.45) is 0 Å². The first-order valence-electron chi connectivity index (χ1n) is 7.20. The van der Waals surface area contributed by atoms with Crippen molar-refractivity contribution in [2.45, 2.75) is 32.2 Å². The van der Waals surface area contributed by atoms with Crippen LogP contribution in [0.5, 0.6) is 0 Å². The minimum atomic E-state index is 0.559. The van der Waals surface area contributed by atoms with Gasteiger partial charge in [0.05, 0.1) is 0 Å². The molecule has 19 heavy (non-hydrogen) atoms. The fourth-order valence-electron chi connectivity index (χ4n) is 2.66. The SMILES string of the molecule is CCCNC1CCCN(c2nc3ccccc3o2)C1. The van der Waals surface area contributed by atoms with Gasteiger partial charge in [-0.2, -0.15) is 4.98 Å². The van der Waals surface area contributed by atoms with Gasteiger partial charge < -0.3 is 14.6 Å². The Labute approximate surface area is 113 Å². The van der Waals surface area contributed by atoms with Gasteiger partial charge in [-0.05, 0) is 37.9 Å². The van der Waals surface area contributed by atoms with E-state index in [1.165, 1.54) is 19.3 Å². The number of fused-ring (bicyclic) bond motifs is 1. The monoisotopic (exact) mass is 259 g/mol. The van der Waals surface area contributed by atoms with E-state index in [-0.39, 0.29) is 0 Å². The summed E-state index contributed by atoms with van der Waals surface area (Å²) >= 11 is 0. The highest BCUT2D eigenvalue weighted by Crippen LogP contribution is 2.24. The number of hydrogen-bond donors (Lipinski definition) is 1. The third-order valence-corrected chi connectivity index (χ3v) is 3.66. The molecule has 0 saturated carbocycles. The Hall–Kier alpha value is -1.55. The fourth-order valence-corrected chi connectivity index (χ4v) is 2.66. The van der Waals surface area contributed by atoms with Crippen LogP contribution in [0, 0.1) is 0 Å². The average molecular weight is 259 g/mol. The Morgan fingerprint density at radius 2 is 2.32 bits per heavy atom. The van der Waals surface area contributed by atoms with Crippen molar-refractivity contribution in [3.63, 3.8) is 0 Å². The first-order valence-corrected chi connectivity index (χ1v) is 7.20. The molecule has 0 spiro atoms. The van der Waals surface area contributed by atoms with Crippen molar-refractivity contribution in [3.05, 3.63) is 24.3 Å². The van der Waals surface area contributed by atoms with Crippen LogP contribution in [0.4, 0.5) is 6.01 Å². The zero-order valence-electron chi connectivity index (χ0n) is 11.4. The van der Waals surface area contributed by atoms with E-state index in [1.54, 1.807) is 0 Å². The summed E-state index contributed by atoms with van der Waals surface area (Å²) < 4.78 is 5.85. The van der Waals surface area contributed by atoms with Gasteiger partial charge in [0.2, 0.25) is 0 Å². The largest absolute Gasteiger partial charge is 0.423 e. The van der Waals surface area contributed by atoms with Crippen molar-refractivity contribution >= 4 is 17.1 Å². The molecule has 1 unspecified atom stereocenters. The highest BCUT2D eigenvalue weighted by atomic mass is 16.4. The van der Waals surface area contributed by atoms with E-state index in [0.717, 1.165) is 36.7 Å². The molecular weight excluding hydrogens is 238 g/mol. The van der Waals surface area contributed by atoms with Crippen LogP contribution in [-0.2, 0) is 0 Å². The standard InChI is InChI=1S/C15H21N3O/c1-2-9-16-12-6-5-10-18(11-12)15-17-13-7-3-4-8-14(13)19-15/h3-4,7-8,12,16H,2,5-6,9-11H2,1H3. The molecule has 1 atom stereocenters. The van der Waals surface area contributed by atoms with Crippen LogP contribution in [0.25, 0.3) is 11.1 Å². The highest BCUT2D eigenvalue weighted by molar-refractivity contribution is 5.74. The second-order valence-electron chi connectivity index (χ2n) is 5.20. The van der Waals surface area contributed by atoms with Crippen molar-refractivity contribution < 1.29 is 4.42 Å². The second kappa shape index (κ2) is 5.61. The zero-order valence-corrected chi connectivity index (χ0v) is 11.4. The number of aromatic nitrogens is 1. The zero-order chi connectivity index (χ0) is 13.1. The lowest BCUT2D eigenvalue weighted by molar-refractivity contribution is 0.406. The summed E-state index contributed by atoms with van der Waals surface area (Å²) in [5, 5.41) is 3.59. The molecule has 0 bridgehead atoms. The summed E-state index contributed by atoms with van der Waals surface area (Å²) in [6.45, 7) is 5.32. The molecule has 2 heterocycles. The summed E-state index contributed by atoms with van der Waals surface area (Å²) in [5.41, 5.74) is 1.82. The molecule has 1 N–H and O–H groups in total. The summed E-state index contributed by atoms with van der Waals surface area (Å²) in [6, 6.07) is 9.28. The van der Waals surface area contributed by atoms with Gasteiger partial charge in [-0.15, -0.1) is 0 Å². The maximum atomic E-state index is 5.85. The van der Waals surface area contributed by atoms with Crippen LogP contribution < -0.4 is 10.2 Å². The van der Waals surface area contributed by atoms with Gasteiger partial charge in [0.15, 0.2) is 5.58 Å². The van der Waals surface area contributed by atoms with Gasteiger partial charge in [0, 0.05) is 19.1 Å². The molecule has 1 aromatic heterocycles. The minimum absolute atomic E-state index is 0.559. The van der Waals surface area contributed by atoms with Crippen LogP contribution in [0.3, 0.4) is 0 Å². The van der Waals surface area contributed by atoms with Gasteiger partial charge >= 0.3 is 0 Å².